The Morgan fingerprint density at radius 3 is 2.82 bits per heavy atom. The van der Waals surface area contributed by atoms with Gasteiger partial charge in [0.25, 0.3) is 0 Å². The third-order valence-corrected chi connectivity index (χ3v) is 4.51. The van der Waals surface area contributed by atoms with Crippen molar-refractivity contribution in [3.05, 3.63) is 29.2 Å². The van der Waals surface area contributed by atoms with Crippen LogP contribution in [-0.4, -0.2) is 55.9 Å². The number of rotatable bonds is 5. The molecule has 0 spiro atoms. The Kier molecular flexibility index (Phi) is 4.26. The highest BCUT2D eigenvalue weighted by Crippen LogP contribution is 2.18. The van der Waals surface area contributed by atoms with Crippen LogP contribution in [0.15, 0.2) is 10.6 Å². The summed E-state index contributed by atoms with van der Waals surface area (Å²) in [6.07, 6.45) is 1.17. The Morgan fingerprint density at radius 1 is 1.36 bits per heavy atom. The van der Waals surface area contributed by atoms with Gasteiger partial charge in [0.2, 0.25) is 0 Å². The topological polar surface area (TPSA) is 63.2 Å². The number of aryl methyl sites for hydroxylation is 2. The van der Waals surface area contributed by atoms with Gasteiger partial charge in [-0.1, -0.05) is 5.16 Å². The normalized spacial score (nSPS) is 19.4. The Morgan fingerprint density at radius 2 is 2.18 bits per heavy atom. The first-order valence-corrected chi connectivity index (χ1v) is 7.72. The monoisotopic (exact) mass is 304 g/mol. The van der Waals surface area contributed by atoms with Crippen LogP contribution in [-0.2, 0) is 20.1 Å². The average Bonchev–Trinajstić information content (AvgIpc) is 3.17. The van der Waals surface area contributed by atoms with Gasteiger partial charge in [-0.15, -0.1) is 10.2 Å². The van der Waals surface area contributed by atoms with E-state index < -0.39 is 0 Å². The van der Waals surface area contributed by atoms with E-state index in [0.29, 0.717) is 6.04 Å². The van der Waals surface area contributed by atoms with Crippen molar-refractivity contribution in [3.8, 4) is 0 Å². The van der Waals surface area contributed by atoms with Gasteiger partial charge < -0.3 is 9.09 Å². The molecule has 7 nitrogen and oxygen atoms in total. The molecular weight excluding hydrogens is 280 g/mol. The van der Waals surface area contributed by atoms with Gasteiger partial charge in [0.15, 0.2) is 0 Å². The lowest BCUT2D eigenvalue weighted by Crippen LogP contribution is -2.34. The molecule has 0 saturated carbocycles. The van der Waals surface area contributed by atoms with E-state index in [9.17, 15) is 0 Å². The van der Waals surface area contributed by atoms with Crippen LogP contribution in [0.5, 0.6) is 0 Å². The van der Waals surface area contributed by atoms with E-state index in [1.165, 1.54) is 6.42 Å². The maximum atomic E-state index is 5.14. The predicted octanol–water partition coefficient (Wildman–Crippen LogP) is 1.13. The van der Waals surface area contributed by atoms with Crippen molar-refractivity contribution in [3.63, 3.8) is 0 Å². The second-order valence-electron chi connectivity index (χ2n) is 6.24. The number of likely N-dealkylation sites (tertiary alicyclic amines) is 1. The van der Waals surface area contributed by atoms with Crippen molar-refractivity contribution in [2.45, 2.75) is 39.4 Å². The fourth-order valence-electron chi connectivity index (χ4n) is 2.98. The van der Waals surface area contributed by atoms with E-state index in [4.69, 9.17) is 4.52 Å². The van der Waals surface area contributed by atoms with Crippen molar-refractivity contribution in [1.82, 2.24) is 29.7 Å². The van der Waals surface area contributed by atoms with E-state index in [1.54, 1.807) is 0 Å². The SMILES string of the molecule is Cc1cc(CN2CCC(N(C)Cc3nnc(C)n3C)C2)no1. The molecular formula is C15H24N6O. The summed E-state index contributed by atoms with van der Waals surface area (Å²) in [4.78, 5) is 4.80. The molecule has 0 N–H and O–H groups in total. The molecule has 0 radical (unpaired) electrons. The van der Waals surface area contributed by atoms with Gasteiger partial charge in [0.1, 0.15) is 17.4 Å². The Hall–Kier alpha value is -1.73. The van der Waals surface area contributed by atoms with Crippen LogP contribution in [0.25, 0.3) is 0 Å². The lowest BCUT2D eigenvalue weighted by molar-refractivity contribution is 0.215. The molecule has 3 heterocycles. The lowest BCUT2D eigenvalue weighted by atomic mass is 10.2. The van der Waals surface area contributed by atoms with Crippen LogP contribution >= 0.6 is 0 Å². The fraction of sp³-hybridized carbons (Fsp3) is 0.667. The number of likely N-dealkylation sites (N-methyl/N-ethyl adjacent to an activating group) is 1. The number of nitrogens with zero attached hydrogens (tertiary/aromatic N) is 6. The average molecular weight is 304 g/mol. The summed E-state index contributed by atoms with van der Waals surface area (Å²) in [6, 6.07) is 2.56. The predicted molar refractivity (Wildman–Crippen MR) is 82.1 cm³/mol. The second kappa shape index (κ2) is 6.18. The van der Waals surface area contributed by atoms with E-state index in [0.717, 1.165) is 49.3 Å². The van der Waals surface area contributed by atoms with E-state index >= 15 is 0 Å². The number of hydrogen-bond acceptors (Lipinski definition) is 6. The summed E-state index contributed by atoms with van der Waals surface area (Å²) >= 11 is 0. The highest BCUT2D eigenvalue weighted by molar-refractivity contribution is 5.04. The lowest BCUT2D eigenvalue weighted by Gasteiger charge is -2.24. The van der Waals surface area contributed by atoms with Crippen LogP contribution < -0.4 is 0 Å². The van der Waals surface area contributed by atoms with Gasteiger partial charge >= 0.3 is 0 Å². The summed E-state index contributed by atoms with van der Waals surface area (Å²) in [6.45, 7) is 7.76. The zero-order chi connectivity index (χ0) is 15.7. The number of hydrogen-bond donors (Lipinski definition) is 0. The quantitative estimate of drug-likeness (QED) is 0.825. The molecule has 3 rings (SSSR count). The third kappa shape index (κ3) is 3.20. The zero-order valence-electron chi connectivity index (χ0n) is 13.8. The summed E-state index contributed by atoms with van der Waals surface area (Å²) in [5.74, 6) is 2.85. The molecule has 1 fully saturated rings. The minimum Gasteiger partial charge on any atom is -0.361 e. The molecule has 1 saturated heterocycles. The highest BCUT2D eigenvalue weighted by Gasteiger charge is 2.27. The van der Waals surface area contributed by atoms with Crippen LogP contribution in [0.1, 0.15) is 29.5 Å². The first-order chi connectivity index (χ1) is 10.5. The zero-order valence-corrected chi connectivity index (χ0v) is 13.8. The van der Waals surface area contributed by atoms with E-state index in [2.05, 4.69) is 36.8 Å². The van der Waals surface area contributed by atoms with Crippen LogP contribution in [0.3, 0.4) is 0 Å². The molecule has 7 heteroatoms. The highest BCUT2D eigenvalue weighted by atomic mass is 16.5. The van der Waals surface area contributed by atoms with E-state index in [-0.39, 0.29) is 0 Å². The van der Waals surface area contributed by atoms with Gasteiger partial charge in [-0.25, -0.2) is 0 Å². The van der Waals surface area contributed by atoms with Crippen LogP contribution in [0.2, 0.25) is 0 Å². The smallest absolute Gasteiger partial charge is 0.146 e. The molecule has 1 atom stereocenters. The van der Waals surface area contributed by atoms with Gasteiger partial charge in [0, 0.05) is 38.8 Å². The largest absolute Gasteiger partial charge is 0.361 e. The van der Waals surface area contributed by atoms with Gasteiger partial charge in [-0.05, 0) is 27.3 Å². The molecule has 1 unspecified atom stereocenters. The molecule has 1 aliphatic rings. The maximum absolute atomic E-state index is 5.14. The third-order valence-electron chi connectivity index (χ3n) is 4.51. The van der Waals surface area contributed by atoms with Crippen LogP contribution in [0, 0.1) is 13.8 Å². The minimum atomic E-state index is 0.546. The molecule has 2 aromatic rings. The minimum absolute atomic E-state index is 0.546. The Balaban J connectivity index is 1.54. The Labute approximate surface area is 130 Å². The van der Waals surface area contributed by atoms with Gasteiger partial charge in [0.05, 0.1) is 12.2 Å². The molecule has 120 valence electrons. The summed E-state index contributed by atoms with van der Waals surface area (Å²) in [5.41, 5.74) is 1.02. The molecule has 0 amide bonds. The molecule has 1 aliphatic heterocycles. The van der Waals surface area contributed by atoms with Crippen molar-refractivity contribution in [2.24, 2.45) is 7.05 Å². The second-order valence-corrected chi connectivity index (χ2v) is 6.24. The summed E-state index contributed by atoms with van der Waals surface area (Å²) < 4.78 is 7.20. The molecule has 22 heavy (non-hydrogen) atoms. The molecule has 0 aromatic carbocycles. The van der Waals surface area contributed by atoms with Crippen molar-refractivity contribution < 1.29 is 4.52 Å². The standard InChI is InChI=1S/C15H24N6O/c1-11-7-13(18-22-11)8-21-6-5-14(9-21)19(3)10-15-17-16-12(2)20(15)4/h7,14H,5-6,8-10H2,1-4H3. The first kappa shape index (κ1) is 15.2. The Bertz CT molecular complexity index is 634. The molecule has 2 aromatic heterocycles. The van der Waals surface area contributed by atoms with Crippen molar-refractivity contribution in [2.75, 3.05) is 20.1 Å². The number of aromatic nitrogens is 4. The van der Waals surface area contributed by atoms with Gasteiger partial charge in [-0.2, -0.15) is 0 Å². The molecule has 0 aliphatic carbocycles. The first-order valence-electron chi connectivity index (χ1n) is 7.72. The molecule has 0 bridgehead atoms. The summed E-state index contributed by atoms with van der Waals surface area (Å²) in [5, 5.41) is 12.5. The summed E-state index contributed by atoms with van der Waals surface area (Å²) in [7, 11) is 4.19. The van der Waals surface area contributed by atoms with Crippen molar-refractivity contribution in [1.29, 1.82) is 0 Å². The van der Waals surface area contributed by atoms with E-state index in [1.807, 2.05) is 27.0 Å². The maximum Gasteiger partial charge on any atom is 0.146 e. The fourth-order valence-corrected chi connectivity index (χ4v) is 2.98. The van der Waals surface area contributed by atoms with Crippen LogP contribution in [0.4, 0.5) is 0 Å². The van der Waals surface area contributed by atoms with Crippen molar-refractivity contribution >= 4 is 0 Å². The van der Waals surface area contributed by atoms with Gasteiger partial charge in [-0.3, -0.25) is 9.80 Å².